The summed E-state index contributed by atoms with van der Waals surface area (Å²) in [4.78, 5) is 14.1. The van der Waals surface area contributed by atoms with Crippen molar-refractivity contribution in [1.29, 1.82) is 0 Å². The van der Waals surface area contributed by atoms with Gasteiger partial charge in [-0.3, -0.25) is 4.79 Å². The summed E-state index contributed by atoms with van der Waals surface area (Å²) in [6.45, 7) is 0. The number of nitrogen functional groups attached to an aromatic ring is 1. The van der Waals surface area contributed by atoms with Crippen molar-refractivity contribution in [3.05, 3.63) is 62.7 Å². The first-order valence-electron chi connectivity index (χ1n) is 8.62. The molecule has 1 aliphatic carbocycles. The number of hydrogen-bond acceptors (Lipinski definition) is 4. The molecule has 4 rings (SSSR count). The number of halogens is 4. The Hall–Kier alpha value is -2.32. The summed E-state index contributed by atoms with van der Waals surface area (Å²) < 4.78 is 40.5. The summed E-state index contributed by atoms with van der Waals surface area (Å²) in [6, 6.07) is 3.49. The number of rotatable bonds is 3. The van der Waals surface area contributed by atoms with Gasteiger partial charge in [0.05, 0.1) is 38.6 Å². The van der Waals surface area contributed by atoms with E-state index in [4.69, 9.17) is 17.3 Å². The number of fused-ring (bicyclic) bond motifs is 1. The first kappa shape index (κ1) is 19.0. The average molecular weight is 426 g/mol. The SMILES string of the molecule is Nc1sc2c(c1C(=O)c1cnn(-c3ccc(Cl)c(C(F)(F)F)c3)c1)CCCC2. The Labute approximate surface area is 167 Å². The summed E-state index contributed by atoms with van der Waals surface area (Å²) in [5.41, 5.74) is 7.09. The maximum absolute atomic E-state index is 13.1. The van der Waals surface area contributed by atoms with E-state index in [1.54, 1.807) is 0 Å². The van der Waals surface area contributed by atoms with Crippen molar-refractivity contribution < 1.29 is 18.0 Å². The van der Waals surface area contributed by atoms with Crippen LogP contribution >= 0.6 is 22.9 Å². The molecule has 0 unspecified atom stereocenters. The van der Waals surface area contributed by atoms with Crippen LogP contribution in [0.25, 0.3) is 5.69 Å². The van der Waals surface area contributed by atoms with Crippen LogP contribution in [-0.2, 0) is 19.0 Å². The first-order valence-corrected chi connectivity index (χ1v) is 9.81. The maximum atomic E-state index is 13.1. The van der Waals surface area contributed by atoms with E-state index in [1.807, 2.05) is 0 Å². The number of alkyl halides is 3. The molecule has 0 spiro atoms. The molecule has 1 aliphatic rings. The highest BCUT2D eigenvalue weighted by molar-refractivity contribution is 7.16. The summed E-state index contributed by atoms with van der Waals surface area (Å²) in [5.74, 6) is -0.256. The monoisotopic (exact) mass is 425 g/mol. The number of nitrogens with zero attached hydrogens (tertiary/aromatic N) is 2. The zero-order valence-corrected chi connectivity index (χ0v) is 16.1. The van der Waals surface area contributed by atoms with E-state index in [-0.39, 0.29) is 17.0 Å². The van der Waals surface area contributed by atoms with Crippen LogP contribution in [0.5, 0.6) is 0 Å². The molecule has 0 saturated heterocycles. The molecule has 28 heavy (non-hydrogen) atoms. The van der Waals surface area contributed by atoms with Crippen molar-refractivity contribution in [2.45, 2.75) is 31.9 Å². The van der Waals surface area contributed by atoms with Crippen molar-refractivity contribution in [2.24, 2.45) is 0 Å². The number of benzene rings is 1. The fraction of sp³-hybridized carbons (Fsp3) is 0.263. The topological polar surface area (TPSA) is 60.9 Å². The quantitative estimate of drug-likeness (QED) is 0.579. The number of hydrogen-bond donors (Lipinski definition) is 1. The maximum Gasteiger partial charge on any atom is 0.417 e. The molecule has 0 amide bonds. The number of ketones is 1. The van der Waals surface area contributed by atoms with Gasteiger partial charge in [-0.2, -0.15) is 18.3 Å². The van der Waals surface area contributed by atoms with E-state index < -0.39 is 16.8 Å². The average Bonchev–Trinajstić information content (AvgIpc) is 3.24. The Bertz CT molecular complexity index is 1070. The van der Waals surface area contributed by atoms with E-state index in [9.17, 15) is 18.0 Å². The van der Waals surface area contributed by atoms with E-state index in [2.05, 4.69) is 5.10 Å². The summed E-state index contributed by atoms with van der Waals surface area (Å²) >= 11 is 7.10. The lowest BCUT2D eigenvalue weighted by Gasteiger charge is -2.12. The second-order valence-corrected chi connectivity index (χ2v) is 8.16. The molecule has 0 aliphatic heterocycles. The molecule has 0 radical (unpaired) electrons. The minimum absolute atomic E-state index is 0.163. The fourth-order valence-corrected chi connectivity index (χ4v) is 4.82. The van der Waals surface area contributed by atoms with Gasteiger partial charge in [0.2, 0.25) is 0 Å². The van der Waals surface area contributed by atoms with Gasteiger partial charge in [0.15, 0.2) is 5.78 Å². The number of anilines is 1. The molecule has 1 aromatic carbocycles. The van der Waals surface area contributed by atoms with E-state index >= 15 is 0 Å². The highest BCUT2D eigenvalue weighted by Gasteiger charge is 2.33. The minimum Gasteiger partial charge on any atom is -0.390 e. The van der Waals surface area contributed by atoms with Gasteiger partial charge in [0, 0.05) is 11.1 Å². The minimum atomic E-state index is -4.58. The second-order valence-electron chi connectivity index (χ2n) is 6.61. The molecule has 4 nitrogen and oxygen atoms in total. The van der Waals surface area contributed by atoms with Crippen LogP contribution in [0.3, 0.4) is 0 Å². The van der Waals surface area contributed by atoms with Gasteiger partial charge in [0.1, 0.15) is 0 Å². The van der Waals surface area contributed by atoms with Crippen molar-refractivity contribution in [3.8, 4) is 5.69 Å². The number of nitrogens with two attached hydrogens (primary N) is 1. The van der Waals surface area contributed by atoms with Crippen molar-refractivity contribution in [3.63, 3.8) is 0 Å². The number of thiophene rings is 1. The Morgan fingerprint density at radius 1 is 1.25 bits per heavy atom. The van der Waals surface area contributed by atoms with Gasteiger partial charge in [-0.15, -0.1) is 11.3 Å². The summed E-state index contributed by atoms with van der Waals surface area (Å²) in [7, 11) is 0. The largest absolute Gasteiger partial charge is 0.417 e. The smallest absolute Gasteiger partial charge is 0.390 e. The van der Waals surface area contributed by atoms with Crippen LogP contribution in [0.15, 0.2) is 30.6 Å². The lowest BCUT2D eigenvalue weighted by molar-refractivity contribution is -0.137. The fourth-order valence-electron chi connectivity index (χ4n) is 3.43. The molecule has 3 aromatic rings. The normalized spacial score (nSPS) is 14.1. The Morgan fingerprint density at radius 2 is 2.00 bits per heavy atom. The Kier molecular flexibility index (Phi) is 4.71. The van der Waals surface area contributed by atoms with Gasteiger partial charge in [-0.25, -0.2) is 4.68 Å². The van der Waals surface area contributed by atoms with Gasteiger partial charge < -0.3 is 5.73 Å². The summed E-state index contributed by atoms with van der Waals surface area (Å²) in [6.07, 6.45) is 1.99. The molecule has 2 aromatic heterocycles. The molecule has 0 bridgehead atoms. The molecule has 0 saturated carbocycles. The van der Waals surface area contributed by atoms with Crippen LogP contribution in [0, 0.1) is 0 Å². The van der Waals surface area contributed by atoms with Crippen LogP contribution in [-0.4, -0.2) is 15.6 Å². The van der Waals surface area contributed by atoms with E-state index in [1.165, 1.54) is 34.5 Å². The van der Waals surface area contributed by atoms with Gasteiger partial charge in [0.25, 0.3) is 0 Å². The molecule has 9 heteroatoms. The molecule has 0 fully saturated rings. The third-order valence-electron chi connectivity index (χ3n) is 4.79. The zero-order chi connectivity index (χ0) is 20.1. The third-order valence-corrected chi connectivity index (χ3v) is 6.24. The molecule has 2 N–H and O–H groups in total. The van der Waals surface area contributed by atoms with Crippen LogP contribution in [0.2, 0.25) is 5.02 Å². The highest BCUT2D eigenvalue weighted by Crippen LogP contribution is 2.38. The highest BCUT2D eigenvalue weighted by atomic mass is 35.5. The molecule has 2 heterocycles. The molecular formula is C19H15ClF3N3OS. The molecule has 0 atom stereocenters. The van der Waals surface area contributed by atoms with Crippen molar-refractivity contribution >= 4 is 33.7 Å². The van der Waals surface area contributed by atoms with Crippen LogP contribution < -0.4 is 5.73 Å². The van der Waals surface area contributed by atoms with Gasteiger partial charge in [-0.05, 0) is 49.4 Å². The van der Waals surface area contributed by atoms with Crippen LogP contribution in [0.1, 0.15) is 44.8 Å². The third kappa shape index (κ3) is 3.31. The van der Waals surface area contributed by atoms with Crippen molar-refractivity contribution in [1.82, 2.24) is 9.78 Å². The molecular weight excluding hydrogens is 411 g/mol. The first-order chi connectivity index (χ1) is 13.3. The second kappa shape index (κ2) is 6.93. The predicted molar refractivity (Wildman–Crippen MR) is 102 cm³/mol. The number of carbonyl (C=O) groups excluding carboxylic acids is 1. The van der Waals surface area contributed by atoms with Gasteiger partial charge in [-0.1, -0.05) is 11.6 Å². The molecule has 146 valence electrons. The van der Waals surface area contributed by atoms with Crippen LogP contribution in [0.4, 0.5) is 18.2 Å². The lowest BCUT2D eigenvalue weighted by Crippen LogP contribution is -2.09. The Balaban J connectivity index is 1.69. The van der Waals surface area contributed by atoms with Gasteiger partial charge >= 0.3 is 6.18 Å². The lowest BCUT2D eigenvalue weighted by atomic mass is 9.92. The summed E-state index contributed by atoms with van der Waals surface area (Å²) in [5, 5.41) is 4.15. The van der Waals surface area contributed by atoms with E-state index in [0.717, 1.165) is 48.3 Å². The zero-order valence-electron chi connectivity index (χ0n) is 14.5. The Morgan fingerprint density at radius 3 is 2.75 bits per heavy atom. The number of aromatic nitrogens is 2. The van der Waals surface area contributed by atoms with Crippen molar-refractivity contribution in [2.75, 3.05) is 5.73 Å². The standard InChI is InChI=1S/C19H15ClF3N3OS/c20-14-6-5-11(7-13(14)19(21,22)23)26-9-10(8-25-26)17(27)16-12-3-1-2-4-15(12)28-18(16)24/h5-9H,1-4,24H2. The van der Waals surface area contributed by atoms with E-state index in [0.29, 0.717) is 10.6 Å². The number of carbonyl (C=O) groups is 1. The predicted octanol–water partition coefficient (Wildman–Crippen LogP) is 5.30. The number of aryl methyl sites for hydroxylation is 1.